The molecule has 2 bridgehead atoms. The van der Waals surface area contributed by atoms with Gasteiger partial charge in [0, 0.05) is 32.7 Å². The second-order valence-corrected chi connectivity index (χ2v) is 6.22. The van der Waals surface area contributed by atoms with Gasteiger partial charge in [-0.25, -0.2) is 0 Å². The van der Waals surface area contributed by atoms with E-state index >= 15 is 0 Å². The smallest absolute Gasteiger partial charge is 0.0689 e. The van der Waals surface area contributed by atoms with E-state index in [1.54, 1.807) is 0 Å². The number of piperidine rings is 2. The molecule has 94 valence electrons. The van der Waals surface area contributed by atoms with E-state index in [1.165, 1.54) is 32.6 Å². The Morgan fingerprint density at radius 2 is 1.69 bits per heavy atom. The van der Waals surface area contributed by atoms with E-state index in [-0.39, 0.29) is 6.10 Å². The lowest BCUT2D eigenvalue weighted by molar-refractivity contribution is 0.00679. The molecule has 0 saturated carbocycles. The molecule has 0 aromatic heterocycles. The number of aliphatic hydroxyl groups excluding tert-OH is 1. The lowest BCUT2D eigenvalue weighted by Gasteiger charge is -2.45. The molecule has 2 heterocycles. The number of β-amino-alcohol motifs (C(OH)–C–C–N with tert-alkyl or cyclic N) is 1. The molecule has 0 amide bonds. The highest BCUT2D eigenvalue weighted by Gasteiger charge is 2.33. The van der Waals surface area contributed by atoms with E-state index in [0.717, 1.165) is 18.4 Å². The Hall–Kier alpha value is -0.120. The van der Waals surface area contributed by atoms with Gasteiger partial charge in [-0.15, -0.1) is 0 Å². The molecule has 2 fully saturated rings. The summed E-state index contributed by atoms with van der Waals surface area (Å²) in [4.78, 5) is 4.95. The zero-order valence-corrected chi connectivity index (χ0v) is 10.9. The van der Waals surface area contributed by atoms with Gasteiger partial charge in [-0.1, -0.05) is 13.8 Å². The summed E-state index contributed by atoms with van der Waals surface area (Å²) in [5, 5.41) is 9.94. The minimum Gasteiger partial charge on any atom is -0.392 e. The predicted octanol–water partition coefficient (Wildman–Crippen LogP) is 0.887. The molecule has 2 saturated heterocycles. The van der Waals surface area contributed by atoms with E-state index in [1.807, 2.05) is 0 Å². The van der Waals surface area contributed by atoms with Gasteiger partial charge in [0.2, 0.25) is 0 Å². The van der Waals surface area contributed by atoms with Gasteiger partial charge >= 0.3 is 0 Å². The van der Waals surface area contributed by atoms with Crippen molar-refractivity contribution in [1.82, 2.24) is 9.80 Å². The van der Waals surface area contributed by atoms with Crippen LogP contribution in [-0.2, 0) is 0 Å². The molecule has 0 aromatic carbocycles. The molecule has 0 aromatic rings. The minimum absolute atomic E-state index is 0.156. The van der Waals surface area contributed by atoms with E-state index in [4.69, 9.17) is 0 Å². The van der Waals surface area contributed by atoms with Crippen LogP contribution >= 0.6 is 0 Å². The molecule has 0 radical (unpaired) electrons. The van der Waals surface area contributed by atoms with Crippen molar-refractivity contribution in [2.75, 3.05) is 39.8 Å². The quantitative estimate of drug-likeness (QED) is 0.774. The molecule has 2 aliphatic heterocycles. The summed E-state index contributed by atoms with van der Waals surface area (Å²) in [5.41, 5.74) is 0. The fourth-order valence-corrected chi connectivity index (χ4v) is 3.27. The number of rotatable bonds is 3. The summed E-state index contributed by atoms with van der Waals surface area (Å²) in [6, 6.07) is 0. The van der Waals surface area contributed by atoms with Crippen molar-refractivity contribution >= 4 is 0 Å². The van der Waals surface area contributed by atoms with Crippen LogP contribution in [0.2, 0.25) is 0 Å². The van der Waals surface area contributed by atoms with Gasteiger partial charge < -0.3 is 14.9 Å². The molecule has 2 rings (SSSR count). The Morgan fingerprint density at radius 1 is 1.12 bits per heavy atom. The molecular formula is C13H26N2O. The first-order valence-corrected chi connectivity index (χ1v) is 6.63. The lowest BCUT2D eigenvalue weighted by atomic mass is 9.84. The van der Waals surface area contributed by atoms with Gasteiger partial charge in [-0.05, 0) is 31.2 Å². The minimum atomic E-state index is -0.156. The molecule has 3 heteroatoms. The van der Waals surface area contributed by atoms with Crippen molar-refractivity contribution in [3.05, 3.63) is 0 Å². The third-order valence-electron chi connectivity index (χ3n) is 4.05. The van der Waals surface area contributed by atoms with Crippen molar-refractivity contribution in [1.29, 1.82) is 0 Å². The van der Waals surface area contributed by atoms with Gasteiger partial charge in [-0.3, -0.25) is 0 Å². The third-order valence-corrected chi connectivity index (χ3v) is 4.05. The van der Waals surface area contributed by atoms with Gasteiger partial charge in [0.05, 0.1) is 6.10 Å². The summed E-state index contributed by atoms with van der Waals surface area (Å²) in [6.07, 6.45) is 1.25. The highest BCUT2D eigenvalue weighted by molar-refractivity contribution is 4.87. The van der Waals surface area contributed by atoms with Gasteiger partial charge in [0.1, 0.15) is 0 Å². The standard InChI is InChI=1S/C13H26N2O/c1-10(2)13(16)9-15-7-11-4-12(8-15)6-14(3)5-11/h10-13,16H,4-9H2,1-3H3/t11-,12?,13-/m0/s1. The molecule has 3 atom stereocenters. The van der Waals surface area contributed by atoms with Crippen molar-refractivity contribution in [2.45, 2.75) is 26.4 Å². The van der Waals surface area contributed by atoms with E-state index in [2.05, 4.69) is 30.7 Å². The summed E-state index contributed by atoms with van der Waals surface area (Å²) < 4.78 is 0. The van der Waals surface area contributed by atoms with Crippen LogP contribution in [-0.4, -0.2) is 60.8 Å². The Bertz CT molecular complexity index is 214. The number of hydrogen-bond donors (Lipinski definition) is 1. The third kappa shape index (κ3) is 2.96. The fourth-order valence-electron chi connectivity index (χ4n) is 3.27. The number of nitrogens with zero attached hydrogens (tertiary/aromatic N) is 2. The number of aliphatic hydroxyl groups is 1. The first kappa shape index (κ1) is 12.3. The van der Waals surface area contributed by atoms with Gasteiger partial charge in [-0.2, -0.15) is 0 Å². The van der Waals surface area contributed by atoms with Crippen LogP contribution in [0, 0.1) is 17.8 Å². The largest absolute Gasteiger partial charge is 0.392 e. The summed E-state index contributed by atoms with van der Waals surface area (Å²) >= 11 is 0. The highest BCUT2D eigenvalue weighted by atomic mass is 16.3. The van der Waals surface area contributed by atoms with Gasteiger partial charge in [0.25, 0.3) is 0 Å². The van der Waals surface area contributed by atoms with Crippen LogP contribution < -0.4 is 0 Å². The maximum absolute atomic E-state index is 9.94. The van der Waals surface area contributed by atoms with Crippen molar-refractivity contribution in [2.24, 2.45) is 17.8 Å². The topological polar surface area (TPSA) is 26.7 Å². The molecule has 1 N–H and O–H groups in total. The number of fused-ring (bicyclic) bond motifs is 2. The maximum Gasteiger partial charge on any atom is 0.0689 e. The zero-order chi connectivity index (χ0) is 11.7. The van der Waals surface area contributed by atoms with Gasteiger partial charge in [0.15, 0.2) is 0 Å². The first-order chi connectivity index (χ1) is 7.54. The summed E-state index contributed by atoms with van der Waals surface area (Å²) in [7, 11) is 2.23. The number of likely N-dealkylation sites (tertiary alicyclic amines) is 2. The Labute approximate surface area is 99.4 Å². The van der Waals surface area contributed by atoms with E-state index < -0.39 is 0 Å². The molecule has 2 aliphatic rings. The first-order valence-electron chi connectivity index (χ1n) is 6.63. The van der Waals surface area contributed by atoms with Crippen molar-refractivity contribution in [3.63, 3.8) is 0 Å². The molecule has 1 unspecified atom stereocenters. The molecule has 0 spiro atoms. The lowest BCUT2D eigenvalue weighted by Crippen LogP contribution is -2.53. The normalized spacial score (nSPS) is 34.3. The van der Waals surface area contributed by atoms with Crippen LogP contribution in [0.4, 0.5) is 0 Å². The van der Waals surface area contributed by atoms with E-state index in [9.17, 15) is 5.11 Å². The zero-order valence-electron chi connectivity index (χ0n) is 10.9. The van der Waals surface area contributed by atoms with Crippen molar-refractivity contribution in [3.8, 4) is 0 Å². The molecule has 3 nitrogen and oxygen atoms in total. The SMILES string of the molecule is CC(C)[C@@H](O)CN1CC2C[C@@H](CN(C)C2)C1. The summed E-state index contributed by atoms with van der Waals surface area (Å²) in [5.74, 6) is 2.04. The van der Waals surface area contributed by atoms with Crippen LogP contribution in [0.15, 0.2) is 0 Å². The van der Waals surface area contributed by atoms with Crippen LogP contribution in [0.1, 0.15) is 20.3 Å². The average molecular weight is 226 g/mol. The Kier molecular flexibility index (Phi) is 3.88. The second kappa shape index (κ2) is 5.03. The van der Waals surface area contributed by atoms with Crippen LogP contribution in [0.3, 0.4) is 0 Å². The average Bonchev–Trinajstić information content (AvgIpc) is 2.15. The van der Waals surface area contributed by atoms with E-state index in [0.29, 0.717) is 5.92 Å². The molecule has 0 aliphatic carbocycles. The second-order valence-electron chi connectivity index (χ2n) is 6.22. The fraction of sp³-hybridized carbons (Fsp3) is 1.00. The molecular weight excluding hydrogens is 200 g/mol. The highest BCUT2D eigenvalue weighted by Crippen LogP contribution is 2.28. The summed E-state index contributed by atoms with van der Waals surface area (Å²) in [6.45, 7) is 9.92. The Balaban J connectivity index is 1.85. The molecule has 16 heavy (non-hydrogen) atoms. The van der Waals surface area contributed by atoms with Crippen molar-refractivity contribution < 1.29 is 5.11 Å². The predicted molar refractivity (Wildman–Crippen MR) is 66.4 cm³/mol. The maximum atomic E-state index is 9.94. The van der Waals surface area contributed by atoms with Crippen LogP contribution in [0.25, 0.3) is 0 Å². The number of hydrogen-bond acceptors (Lipinski definition) is 3. The monoisotopic (exact) mass is 226 g/mol. The van der Waals surface area contributed by atoms with Crippen LogP contribution in [0.5, 0.6) is 0 Å². The Morgan fingerprint density at radius 3 is 2.19 bits per heavy atom.